The smallest absolute Gasteiger partial charge is 0.230 e. The predicted octanol–water partition coefficient (Wildman–Crippen LogP) is 0.824. The molecule has 1 atom stereocenters. The van der Waals surface area contributed by atoms with Gasteiger partial charge in [-0.1, -0.05) is 19.9 Å². The summed E-state index contributed by atoms with van der Waals surface area (Å²) in [6, 6.07) is 5.56. The van der Waals surface area contributed by atoms with Crippen LogP contribution in [0.25, 0.3) is 0 Å². The van der Waals surface area contributed by atoms with Gasteiger partial charge in [0.05, 0.1) is 5.69 Å². The first-order valence-electron chi connectivity index (χ1n) is 5.59. The van der Waals surface area contributed by atoms with Crippen LogP contribution in [0.5, 0.6) is 0 Å². The average molecular weight is 221 g/mol. The monoisotopic (exact) mass is 221 g/mol. The first kappa shape index (κ1) is 12.6. The van der Waals surface area contributed by atoms with E-state index in [1.807, 2.05) is 32.0 Å². The molecule has 0 bridgehead atoms. The van der Waals surface area contributed by atoms with E-state index in [1.165, 1.54) is 0 Å². The molecule has 1 unspecified atom stereocenters. The molecule has 3 N–H and O–H groups in total. The van der Waals surface area contributed by atoms with Crippen LogP contribution in [0.3, 0.4) is 0 Å². The van der Waals surface area contributed by atoms with Gasteiger partial charge in [-0.25, -0.2) is 0 Å². The van der Waals surface area contributed by atoms with Crippen LogP contribution in [-0.4, -0.2) is 24.0 Å². The summed E-state index contributed by atoms with van der Waals surface area (Å²) >= 11 is 0. The molecule has 0 aliphatic rings. The molecule has 0 spiro atoms. The Morgan fingerprint density at radius 3 is 2.69 bits per heavy atom. The number of nitrogens with two attached hydrogens (primary N) is 1. The zero-order chi connectivity index (χ0) is 12.0. The van der Waals surface area contributed by atoms with Gasteiger partial charge in [-0.05, 0) is 25.1 Å². The molecule has 1 amide bonds. The molecule has 88 valence electrons. The van der Waals surface area contributed by atoms with E-state index in [0.717, 1.165) is 12.2 Å². The highest BCUT2D eigenvalue weighted by molar-refractivity contribution is 5.86. The molecule has 0 aromatic carbocycles. The van der Waals surface area contributed by atoms with Gasteiger partial charge in [-0.2, -0.15) is 0 Å². The van der Waals surface area contributed by atoms with Gasteiger partial charge < -0.3 is 11.1 Å². The van der Waals surface area contributed by atoms with E-state index in [1.54, 1.807) is 6.20 Å². The molecule has 4 nitrogen and oxygen atoms in total. The predicted molar refractivity (Wildman–Crippen MR) is 63.9 cm³/mol. The molecular formula is C12H19N3O. The lowest BCUT2D eigenvalue weighted by molar-refractivity contribution is -0.123. The molecule has 1 rings (SSSR count). The Balaban J connectivity index is 3.07. The quantitative estimate of drug-likeness (QED) is 0.747. The fraction of sp³-hybridized carbons (Fsp3) is 0.500. The van der Waals surface area contributed by atoms with Crippen LogP contribution in [0.1, 0.15) is 26.0 Å². The molecule has 1 aromatic heterocycles. The number of nitrogens with zero attached hydrogens (tertiary/aromatic N) is 1. The number of likely N-dealkylation sites (N-methyl/N-ethyl adjacent to an activating group) is 1. The maximum absolute atomic E-state index is 11.7. The number of aromatic nitrogens is 1. The summed E-state index contributed by atoms with van der Waals surface area (Å²) in [4.78, 5) is 16.0. The van der Waals surface area contributed by atoms with Crippen LogP contribution in [0, 0.1) is 0 Å². The molecule has 0 saturated heterocycles. The van der Waals surface area contributed by atoms with Crippen molar-refractivity contribution in [2.45, 2.75) is 25.7 Å². The van der Waals surface area contributed by atoms with E-state index in [2.05, 4.69) is 10.3 Å². The zero-order valence-electron chi connectivity index (χ0n) is 9.86. The van der Waals surface area contributed by atoms with E-state index in [9.17, 15) is 4.79 Å². The van der Waals surface area contributed by atoms with Crippen molar-refractivity contribution in [1.29, 1.82) is 0 Å². The molecule has 4 heteroatoms. The summed E-state index contributed by atoms with van der Waals surface area (Å²) in [6.07, 6.45) is 2.33. The summed E-state index contributed by atoms with van der Waals surface area (Å²) in [5, 5.41) is 3.18. The molecule has 1 heterocycles. The van der Waals surface area contributed by atoms with Gasteiger partial charge in [0.15, 0.2) is 0 Å². The average Bonchev–Trinajstić information content (AvgIpc) is 2.31. The van der Waals surface area contributed by atoms with Gasteiger partial charge in [-0.15, -0.1) is 0 Å². The summed E-state index contributed by atoms with van der Waals surface area (Å²) < 4.78 is 0. The number of primary amides is 1. The number of pyridine rings is 1. The molecular weight excluding hydrogens is 202 g/mol. The topological polar surface area (TPSA) is 68.0 Å². The van der Waals surface area contributed by atoms with Gasteiger partial charge in [0.25, 0.3) is 0 Å². The van der Waals surface area contributed by atoms with Crippen molar-refractivity contribution in [3.8, 4) is 0 Å². The maximum atomic E-state index is 11.7. The lowest BCUT2D eigenvalue weighted by Crippen LogP contribution is -2.48. The van der Waals surface area contributed by atoms with Gasteiger partial charge in [-0.3, -0.25) is 9.78 Å². The second-order valence-corrected chi connectivity index (χ2v) is 3.80. The van der Waals surface area contributed by atoms with E-state index in [-0.39, 0.29) is 5.91 Å². The van der Waals surface area contributed by atoms with Gasteiger partial charge >= 0.3 is 0 Å². The van der Waals surface area contributed by atoms with E-state index >= 15 is 0 Å². The number of carbonyl (C=O) groups is 1. The van der Waals surface area contributed by atoms with Crippen molar-refractivity contribution in [2.24, 2.45) is 5.73 Å². The third-order valence-corrected chi connectivity index (χ3v) is 2.91. The van der Waals surface area contributed by atoms with Crippen molar-refractivity contribution >= 4 is 5.91 Å². The van der Waals surface area contributed by atoms with Gasteiger partial charge in [0.2, 0.25) is 5.91 Å². The van der Waals surface area contributed by atoms with Gasteiger partial charge in [0, 0.05) is 12.7 Å². The lowest BCUT2D eigenvalue weighted by atomic mass is 9.80. The molecule has 0 saturated carbocycles. The second-order valence-electron chi connectivity index (χ2n) is 3.80. The Hall–Kier alpha value is -1.42. The normalized spacial score (nSPS) is 14.4. The molecule has 0 radical (unpaired) electrons. The molecule has 0 aliphatic carbocycles. The molecule has 16 heavy (non-hydrogen) atoms. The Labute approximate surface area is 96.3 Å². The highest BCUT2D eigenvalue weighted by Gasteiger charge is 2.37. The third kappa shape index (κ3) is 2.39. The van der Waals surface area contributed by atoms with Crippen molar-refractivity contribution in [2.75, 3.05) is 13.1 Å². The number of carbonyl (C=O) groups excluding carboxylic acids is 1. The van der Waals surface area contributed by atoms with Crippen molar-refractivity contribution < 1.29 is 4.79 Å². The maximum Gasteiger partial charge on any atom is 0.230 e. The first-order chi connectivity index (χ1) is 7.67. The SMILES string of the molecule is CCNCC(CC)(C(N)=O)c1ccccn1. The number of hydrogen-bond acceptors (Lipinski definition) is 3. The van der Waals surface area contributed by atoms with Crippen molar-refractivity contribution in [1.82, 2.24) is 10.3 Å². The van der Waals surface area contributed by atoms with Crippen LogP contribution < -0.4 is 11.1 Å². The minimum atomic E-state index is -0.697. The Morgan fingerprint density at radius 2 is 2.25 bits per heavy atom. The van der Waals surface area contributed by atoms with Crippen LogP contribution in [0.4, 0.5) is 0 Å². The second kappa shape index (κ2) is 5.61. The lowest BCUT2D eigenvalue weighted by Gasteiger charge is -2.28. The van der Waals surface area contributed by atoms with Crippen LogP contribution in [0.2, 0.25) is 0 Å². The Morgan fingerprint density at radius 1 is 1.50 bits per heavy atom. The van der Waals surface area contributed by atoms with E-state index in [4.69, 9.17) is 5.73 Å². The number of hydrogen-bond donors (Lipinski definition) is 2. The standard InChI is InChI=1S/C12H19N3O/c1-3-12(11(13)16,9-14-4-2)10-7-5-6-8-15-10/h5-8,14H,3-4,9H2,1-2H3,(H2,13,16). The van der Waals surface area contributed by atoms with Gasteiger partial charge in [0.1, 0.15) is 5.41 Å². The van der Waals surface area contributed by atoms with Crippen LogP contribution in [0.15, 0.2) is 24.4 Å². The Bertz CT molecular complexity index is 339. The largest absolute Gasteiger partial charge is 0.369 e. The highest BCUT2D eigenvalue weighted by atomic mass is 16.1. The van der Waals surface area contributed by atoms with Crippen molar-refractivity contribution in [3.05, 3.63) is 30.1 Å². The summed E-state index contributed by atoms with van der Waals surface area (Å²) in [6.45, 7) is 5.30. The van der Waals surface area contributed by atoms with Crippen LogP contribution in [-0.2, 0) is 10.2 Å². The fourth-order valence-corrected chi connectivity index (χ4v) is 1.77. The number of nitrogens with one attached hydrogen (secondary N) is 1. The minimum Gasteiger partial charge on any atom is -0.369 e. The zero-order valence-corrected chi connectivity index (χ0v) is 9.86. The number of rotatable bonds is 6. The molecule has 0 aliphatic heterocycles. The van der Waals surface area contributed by atoms with E-state index < -0.39 is 5.41 Å². The summed E-state index contributed by atoms with van der Waals surface area (Å²) in [5.74, 6) is -0.324. The van der Waals surface area contributed by atoms with E-state index in [0.29, 0.717) is 13.0 Å². The highest BCUT2D eigenvalue weighted by Crippen LogP contribution is 2.25. The van der Waals surface area contributed by atoms with Crippen molar-refractivity contribution in [3.63, 3.8) is 0 Å². The summed E-state index contributed by atoms with van der Waals surface area (Å²) in [7, 11) is 0. The third-order valence-electron chi connectivity index (χ3n) is 2.91. The Kier molecular flexibility index (Phi) is 4.43. The fourth-order valence-electron chi connectivity index (χ4n) is 1.77. The number of amides is 1. The van der Waals surface area contributed by atoms with Crippen LogP contribution >= 0.6 is 0 Å². The molecule has 0 fully saturated rings. The first-order valence-corrected chi connectivity index (χ1v) is 5.59. The molecule has 1 aromatic rings. The summed E-state index contributed by atoms with van der Waals surface area (Å²) in [5.41, 5.74) is 5.58. The minimum absolute atomic E-state index is 0.324.